The molecule has 2 aliphatic rings. The van der Waals surface area contributed by atoms with Gasteiger partial charge in [-0.05, 0) is 43.9 Å². The number of halogens is 1. The zero-order chi connectivity index (χ0) is 19.3. The molecule has 0 aliphatic carbocycles. The van der Waals surface area contributed by atoms with E-state index < -0.39 is 0 Å². The van der Waals surface area contributed by atoms with Gasteiger partial charge in [0.25, 0.3) is 0 Å². The third-order valence-electron chi connectivity index (χ3n) is 5.56. The maximum atomic E-state index is 14.1. The smallest absolute Gasteiger partial charge is 0.246 e. The van der Waals surface area contributed by atoms with Gasteiger partial charge in [0, 0.05) is 38.9 Å². The van der Waals surface area contributed by atoms with Crippen molar-refractivity contribution in [2.24, 2.45) is 0 Å². The van der Waals surface area contributed by atoms with Crippen LogP contribution in [0.5, 0.6) is 5.75 Å². The van der Waals surface area contributed by atoms with Crippen molar-refractivity contribution in [3.05, 3.63) is 29.6 Å². The van der Waals surface area contributed by atoms with Gasteiger partial charge in [-0.3, -0.25) is 9.69 Å². The van der Waals surface area contributed by atoms with Crippen molar-refractivity contribution in [1.29, 1.82) is 0 Å². The monoisotopic (exact) mass is 380 g/mol. The zero-order valence-corrected chi connectivity index (χ0v) is 16.1. The SMILES string of the molecule is COCC(=O)NCC1CCC2(CCN(Cc3cc(OC)ccc3F)CC2)O1. The van der Waals surface area contributed by atoms with E-state index in [1.54, 1.807) is 19.2 Å². The van der Waals surface area contributed by atoms with E-state index in [0.717, 1.165) is 38.8 Å². The number of hydrogen-bond donors (Lipinski definition) is 1. The lowest BCUT2D eigenvalue weighted by Gasteiger charge is -2.39. The summed E-state index contributed by atoms with van der Waals surface area (Å²) in [4.78, 5) is 13.8. The molecule has 3 rings (SSSR count). The van der Waals surface area contributed by atoms with Crippen molar-refractivity contribution >= 4 is 5.91 Å². The minimum atomic E-state index is -0.194. The number of hydrogen-bond acceptors (Lipinski definition) is 5. The summed E-state index contributed by atoms with van der Waals surface area (Å²) in [5.74, 6) is 0.370. The molecule has 1 unspecified atom stereocenters. The van der Waals surface area contributed by atoms with Crippen LogP contribution in [-0.2, 0) is 20.8 Å². The highest BCUT2D eigenvalue weighted by Crippen LogP contribution is 2.39. The number of nitrogens with one attached hydrogen (secondary N) is 1. The summed E-state index contributed by atoms with van der Waals surface area (Å²) in [6.07, 6.45) is 3.90. The van der Waals surface area contributed by atoms with E-state index in [1.807, 2.05) is 0 Å². The molecule has 6 nitrogen and oxygen atoms in total. The van der Waals surface area contributed by atoms with Gasteiger partial charge in [0.1, 0.15) is 18.2 Å². The number of benzene rings is 1. The Kier molecular flexibility index (Phi) is 6.68. The number of rotatable bonds is 7. The van der Waals surface area contributed by atoms with Crippen molar-refractivity contribution in [1.82, 2.24) is 10.2 Å². The Balaban J connectivity index is 1.47. The quantitative estimate of drug-likeness (QED) is 0.785. The third kappa shape index (κ3) is 5.18. The first-order chi connectivity index (χ1) is 13.0. The summed E-state index contributed by atoms with van der Waals surface area (Å²) in [5.41, 5.74) is 0.566. The molecular weight excluding hydrogens is 351 g/mol. The van der Waals surface area contributed by atoms with Crippen LogP contribution in [0.25, 0.3) is 0 Å². The molecular formula is C20H29FN2O4. The number of piperidine rings is 1. The first kappa shape index (κ1) is 20.0. The van der Waals surface area contributed by atoms with Crippen LogP contribution in [0.1, 0.15) is 31.2 Å². The number of amides is 1. The van der Waals surface area contributed by atoms with Crippen molar-refractivity contribution in [3.63, 3.8) is 0 Å². The van der Waals surface area contributed by atoms with Crippen molar-refractivity contribution < 1.29 is 23.4 Å². The number of methoxy groups -OCH3 is 2. The van der Waals surface area contributed by atoms with Crippen LogP contribution in [0.4, 0.5) is 4.39 Å². The van der Waals surface area contributed by atoms with Crippen LogP contribution in [-0.4, -0.2) is 63.0 Å². The topological polar surface area (TPSA) is 60.0 Å². The van der Waals surface area contributed by atoms with Gasteiger partial charge < -0.3 is 19.5 Å². The van der Waals surface area contributed by atoms with Crippen LogP contribution in [0.2, 0.25) is 0 Å². The fourth-order valence-corrected chi connectivity index (χ4v) is 3.98. The number of carbonyl (C=O) groups excluding carboxylic acids is 1. The molecule has 2 fully saturated rings. The summed E-state index contributed by atoms with van der Waals surface area (Å²) in [6.45, 7) is 2.94. The zero-order valence-electron chi connectivity index (χ0n) is 16.1. The largest absolute Gasteiger partial charge is 0.497 e. The molecule has 2 aliphatic heterocycles. The van der Waals surface area contributed by atoms with Crippen LogP contribution >= 0.6 is 0 Å². The molecule has 0 aromatic heterocycles. The minimum Gasteiger partial charge on any atom is -0.497 e. The lowest BCUT2D eigenvalue weighted by Crippen LogP contribution is -2.45. The third-order valence-corrected chi connectivity index (χ3v) is 5.56. The van der Waals surface area contributed by atoms with Crippen LogP contribution < -0.4 is 10.1 Å². The maximum absolute atomic E-state index is 14.1. The Morgan fingerprint density at radius 3 is 2.81 bits per heavy atom. The van der Waals surface area contributed by atoms with E-state index in [-0.39, 0.29) is 30.0 Å². The number of likely N-dealkylation sites (tertiary alicyclic amines) is 1. The molecule has 1 aromatic rings. The average molecular weight is 380 g/mol. The fourth-order valence-electron chi connectivity index (χ4n) is 3.98. The number of nitrogens with zero attached hydrogens (tertiary/aromatic N) is 1. The molecule has 1 aromatic carbocycles. The summed E-state index contributed by atoms with van der Waals surface area (Å²) in [6, 6.07) is 4.87. The van der Waals surface area contributed by atoms with Crippen LogP contribution in [0, 0.1) is 5.82 Å². The molecule has 1 spiro atoms. The Morgan fingerprint density at radius 2 is 2.11 bits per heavy atom. The van der Waals surface area contributed by atoms with Gasteiger partial charge in [0.05, 0.1) is 18.8 Å². The second kappa shape index (κ2) is 8.99. The lowest BCUT2D eigenvalue weighted by molar-refractivity contribution is -0.126. The van der Waals surface area contributed by atoms with Gasteiger partial charge in [0.2, 0.25) is 5.91 Å². The molecule has 7 heteroatoms. The summed E-state index contributed by atoms with van der Waals surface area (Å²) in [5, 5.41) is 2.85. The van der Waals surface area contributed by atoms with Gasteiger partial charge in [-0.25, -0.2) is 4.39 Å². The van der Waals surface area contributed by atoms with E-state index in [1.165, 1.54) is 13.2 Å². The second-order valence-electron chi connectivity index (χ2n) is 7.43. The first-order valence-electron chi connectivity index (χ1n) is 9.52. The summed E-state index contributed by atoms with van der Waals surface area (Å²) in [7, 11) is 3.10. The molecule has 1 atom stereocenters. The molecule has 27 heavy (non-hydrogen) atoms. The second-order valence-corrected chi connectivity index (χ2v) is 7.43. The summed E-state index contributed by atoms with van der Waals surface area (Å²) < 4.78 is 30.4. The Morgan fingerprint density at radius 1 is 1.33 bits per heavy atom. The number of carbonyl (C=O) groups is 1. The van der Waals surface area contributed by atoms with E-state index in [0.29, 0.717) is 24.4 Å². The van der Waals surface area contributed by atoms with Gasteiger partial charge >= 0.3 is 0 Å². The fraction of sp³-hybridized carbons (Fsp3) is 0.650. The predicted octanol–water partition coefficient (Wildman–Crippen LogP) is 2.11. The summed E-state index contributed by atoms with van der Waals surface area (Å²) >= 11 is 0. The van der Waals surface area contributed by atoms with Gasteiger partial charge in [-0.2, -0.15) is 0 Å². The van der Waals surface area contributed by atoms with Gasteiger partial charge in [0.15, 0.2) is 0 Å². The maximum Gasteiger partial charge on any atom is 0.246 e. The Hall–Kier alpha value is -1.70. The Bertz CT molecular complexity index is 647. The first-order valence-corrected chi connectivity index (χ1v) is 9.52. The van der Waals surface area contributed by atoms with Crippen molar-refractivity contribution in [3.8, 4) is 5.75 Å². The van der Waals surface area contributed by atoms with Crippen LogP contribution in [0.3, 0.4) is 0 Å². The predicted molar refractivity (Wildman–Crippen MR) is 99.2 cm³/mol. The highest BCUT2D eigenvalue weighted by atomic mass is 19.1. The average Bonchev–Trinajstić information content (AvgIpc) is 3.07. The Labute approximate surface area is 160 Å². The van der Waals surface area contributed by atoms with E-state index >= 15 is 0 Å². The van der Waals surface area contributed by atoms with E-state index in [4.69, 9.17) is 14.2 Å². The van der Waals surface area contributed by atoms with Crippen LogP contribution in [0.15, 0.2) is 18.2 Å². The molecule has 0 radical (unpaired) electrons. The van der Waals surface area contributed by atoms with Crippen molar-refractivity contribution in [2.45, 2.75) is 43.9 Å². The highest BCUT2D eigenvalue weighted by molar-refractivity contribution is 5.77. The standard InChI is InChI=1S/C20H29FN2O4/c1-25-14-19(24)22-12-17-5-6-20(27-17)7-9-23(10-8-20)13-15-11-16(26-2)3-4-18(15)21/h3-4,11,17H,5-10,12-14H2,1-2H3,(H,22,24). The lowest BCUT2D eigenvalue weighted by atomic mass is 9.88. The van der Waals surface area contributed by atoms with Gasteiger partial charge in [-0.15, -0.1) is 0 Å². The molecule has 150 valence electrons. The van der Waals surface area contributed by atoms with E-state index in [2.05, 4.69) is 10.2 Å². The minimum absolute atomic E-state index is 0.0631. The number of ether oxygens (including phenoxy) is 3. The molecule has 1 amide bonds. The molecule has 0 bridgehead atoms. The van der Waals surface area contributed by atoms with Crippen molar-refractivity contribution in [2.75, 3.05) is 40.5 Å². The molecule has 0 saturated carbocycles. The van der Waals surface area contributed by atoms with Gasteiger partial charge in [-0.1, -0.05) is 0 Å². The molecule has 2 heterocycles. The molecule has 1 N–H and O–H groups in total. The molecule has 2 saturated heterocycles. The normalized spacial score (nSPS) is 22.1. The van der Waals surface area contributed by atoms with E-state index in [9.17, 15) is 9.18 Å². The highest BCUT2D eigenvalue weighted by Gasteiger charge is 2.42.